The summed E-state index contributed by atoms with van der Waals surface area (Å²) in [6.07, 6.45) is 0.106. The topological polar surface area (TPSA) is 134 Å². The summed E-state index contributed by atoms with van der Waals surface area (Å²) >= 11 is 0. The van der Waals surface area contributed by atoms with Gasteiger partial charge in [-0.15, -0.1) is 0 Å². The summed E-state index contributed by atoms with van der Waals surface area (Å²) in [6.45, 7) is 2.96. The standard InChI is InChI=1S/C30H35N5O6/c36-27(20-32-13-15-33(21-29(38)39)17-18-34(16-14-32)22-30(40)41)31-12-11-28(37)35-19-25-7-2-1-5-23(25)9-10-24-6-3-4-8-26(24)35/h1-8H,11-22H2,(H,31,36)(H,38,39)(H,40,41). The number of amides is 2. The molecule has 1 saturated heterocycles. The Kier molecular flexibility index (Phi) is 10.5. The predicted molar refractivity (Wildman–Crippen MR) is 152 cm³/mol. The number of benzene rings is 2. The summed E-state index contributed by atoms with van der Waals surface area (Å²) < 4.78 is 0. The highest BCUT2D eigenvalue weighted by molar-refractivity contribution is 5.95. The van der Waals surface area contributed by atoms with Gasteiger partial charge in [0.15, 0.2) is 0 Å². The molecule has 2 aliphatic rings. The number of nitrogens with zero attached hydrogens (tertiary/aromatic N) is 4. The van der Waals surface area contributed by atoms with Crippen molar-refractivity contribution in [3.8, 4) is 11.8 Å². The number of fused-ring (bicyclic) bond motifs is 2. The molecular formula is C30H35N5O6. The van der Waals surface area contributed by atoms with E-state index in [9.17, 15) is 29.4 Å². The van der Waals surface area contributed by atoms with Crippen LogP contribution in [-0.2, 0) is 25.7 Å². The first-order valence-corrected chi connectivity index (χ1v) is 13.6. The van der Waals surface area contributed by atoms with Crippen LogP contribution in [0.4, 0.5) is 5.69 Å². The Labute approximate surface area is 239 Å². The second kappa shape index (κ2) is 14.4. The number of para-hydroxylation sites is 1. The van der Waals surface area contributed by atoms with Gasteiger partial charge in [-0.3, -0.25) is 33.9 Å². The largest absolute Gasteiger partial charge is 0.480 e. The van der Waals surface area contributed by atoms with Crippen molar-refractivity contribution in [2.24, 2.45) is 0 Å². The van der Waals surface area contributed by atoms with Crippen LogP contribution >= 0.6 is 0 Å². The molecule has 2 aromatic carbocycles. The second-order valence-corrected chi connectivity index (χ2v) is 10.1. The highest BCUT2D eigenvalue weighted by Crippen LogP contribution is 2.25. The summed E-state index contributed by atoms with van der Waals surface area (Å²) in [5, 5.41) is 21.3. The average molecular weight is 562 g/mol. The maximum absolute atomic E-state index is 13.4. The number of carboxylic acid groups (broad SMARTS) is 2. The van der Waals surface area contributed by atoms with Crippen LogP contribution in [0, 0.1) is 11.8 Å². The number of nitrogens with one attached hydrogen (secondary N) is 1. The molecule has 2 amide bonds. The second-order valence-electron chi connectivity index (χ2n) is 10.1. The molecule has 0 aromatic heterocycles. The van der Waals surface area contributed by atoms with Gasteiger partial charge in [0, 0.05) is 63.4 Å². The Morgan fingerprint density at radius 3 is 1.83 bits per heavy atom. The van der Waals surface area contributed by atoms with E-state index in [1.165, 1.54) is 0 Å². The maximum Gasteiger partial charge on any atom is 0.317 e. The Balaban J connectivity index is 1.34. The molecule has 0 aliphatic carbocycles. The summed E-state index contributed by atoms with van der Waals surface area (Å²) in [7, 11) is 0. The monoisotopic (exact) mass is 561 g/mol. The van der Waals surface area contributed by atoms with Crippen LogP contribution in [0.1, 0.15) is 23.1 Å². The number of aliphatic carboxylic acids is 2. The van der Waals surface area contributed by atoms with Crippen molar-refractivity contribution in [1.82, 2.24) is 20.0 Å². The number of hydrogen-bond donors (Lipinski definition) is 3. The van der Waals surface area contributed by atoms with Gasteiger partial charge in [0.05, 0.1) is 31.9 Å². The van der Waals surface area contributed by atoms with E-state index >= 15 is 0 Å². The van der Waals surface area contributed by atoms with Crippen LogP contribution in [0.3, 0.4) is 0 Å². The van der Waals surface area contributed by atoms with Gasteiger partial charge in [-0.2, -0.15) is 0 Å². The van der Waals surface area contributed by atoms with Crippen LogP contribution in [0.5, 0.6) is 0 Å². The average Bonchev–Trinajstić information content (AvgIpc) is 3.01. The molecule has 2 aliphatic heterocycles. The molecule has 11 nitrogen and oxygen atoms in total. The summed E-state index contributed by atoms with van der Waals surface area (Å²) in [4.78, 5) is 55.8. The third kappa shape index (κ3) is 8.88. The minimum atomic E-state index is -0.957. The maximum atomic E-state index is 13.4. The molecule has 216 valence electrons. The number of carbonyl (C=O) groups is 4. The summed E-state index contributed by atoms with van der Waals surface area (Å²) in [5.41, 5.74) is 3.33. The zero-order valence-electron chi connectivity index (χ0n) is 22.9. The fraction of sp³-hybridized carbons (Fsp3) is 0.400. The molecule has 2 aromatic rings. The highest BCUT2D eigenvalue weighted by Gasteiger charge is 2.23. The number of anilines is 1. The molecule has 3 N–H and O–H groups in total. The van der Waals surface area contributed by atoms with Crippen LogP contribution in [0.25, 0.3) is 0 Å². The van der Waals surface area contributed by atoms with Crippen LogP contribution in [0.15, 0.2) is 48.5 Å². The molecule has 1 fully saturated rings. The first-order valence-electron chi connectivity index (χ1n) is 13.6. The zero-order valence-corrected chi connectivity index (χ0v) is 22.9. The predicted octanol–water partition coefficient (Wildman–Crippen LogP) is 0.528. The lowest BCUT2D eigenvalue weighted by atomic mass is 10.0. The minimum absolute atomic E-state index is 0.0610. The van der Waals surface area contributed by atoms with Gasteiger partial charge in [-0.1, -0.05) is 42.2 Å². The van der Waals surface area contributed by atoms with Gasteiger partial charge >= 0.3 is 11.9 Å². The molecule has 4 rings (SSSR count). The molecule has 0 unspecified atom stereocenters. The Hall–Kier alpha value is -4.24. The normalized spacial score (nSPS) is 16.3. The van der Waals surface area contributed by atoms with Crippen molar-refractivity contribution in [1.29, 1.82) is 0 Å². The third-order valence-corrected chi connectivity index (χ3v) is 7.12. The number of hydrogen-bond acceptors (Lipinski definition) is 7. The number of carboxylic acids is 2. The van der Waals surface area contributed by atoms with E-state index in [2.05, 4.69) is 17.2 Å². The fourth-order valence-corrected chi connectivity index (χ4v) is 4.95. The van der Waals surface area contributed by atoms with E-state index in [-0.39, 0.29) is 44.4 Å². The lowest BCUT2D eigenvalue weighted by molar-refractivity contribution is -0.140. The van der Waals surface area contributed by atoms with E-state index in [1.54, 1.807) is 14.7 Å². The SMILES string of the molecule is O=C(O)CN1CCN(CC(=O)O)CCN(CC(=O)NCCC(=O)N2Cc3ccccc3C#Cc3ccccc32)CC1. The number of carbonyl (C=O) groups excluding carboxylic acids is 2. The Morgan fingerprint density at radius 1 is 0.707 bits per heavy atom. The van der Waals surface area contributed by atoms with Gasteiger partial charge < -0.3 is 20.4 Å². The van der Waals surface area contributed by atoms with E-state index in [0.29, 0.717) is 45.8 Å². The highest BCUT2D eigenvalue weighted by atomic mass is 16.4. The van der Waals surface area contributed by atoms with Gasteiger partial charge in [0.1, 0.15) is 0 Å². The fourth-order valence-electron chi connectivity index (χ4n) is 4.95. The first kappa shape index (κ1) is 29.7. The zero-order chi connectivity index (χ0) is 29.2. The van der Waals surface area contributed by atoms with Gasteiger partial charge in [-0.25, -0.2) is 0 Å². The Morgan fingerprint density at radius 2 is 1.22 bits per heavy atom. The smallest absolute Gasteiger partial charge is 0.317 e. The lowest BCUT2D eigenvalue weighted by Gasteiger charge is -2.26. The van der Waals surface area contributed by atoms with Crippen molar-refractivity contribution < 1.29 is 29.4 Å². The van der Waals surface area contributed by atoms with Crippen molar-refractivity contribution in [3.05, 3.63) is 65.2 Å². The van der Waals surface area contributed by atoms with Crippen LogP contribution in [-0.4, -0.2) is 114 Å². The summed E-state index contributed by atoms with van der Waals surface area (Å²) in [5.74, 6) is 4.08. The van der Waals surface area contributed by atoms with Crippen molar-refractivity contribution >= 4 is 29.4 Å². The molecule has 0 bridgehead atoms. The van der Waals surface area contributed by atoms with E-state index < -0.39 is 11.9 Å². The molecular weight excluding hydrogens is 526 g/mol. The molecule has 0 atom stereocenters. The summed E-state index contributed by atoms with van der Waals surface area (Å²) in [6, 6.07) is 15.3. The van der Waals surface area contributed by atoms with Crippen molar-refractivity contribution in [3.63, 3.8) is 0 Å². The van der Waals surface area contributed by atoms with Crippen LogP contribution in [0.2, 0.25) is 0 Å². The van der Waals surface area contributed by atoms with Gasteiger partial charge in [-0.05, 0) is 23.8 Å². The third-order valence-electron chi connectivity index (χ3n) is 7.12. The first-order chi connectivity index (χ1) is 19.8. The molecule has 11 heteroatoms. The molecule has 0 spiro atoms. The van der Waals surface area contributed by atoms with E-state index in [1.807, 2.05) is 53.4 Å². The van der Waals surface area contributed by atoms with Gasteiger partial charge in [0.25, 0.3) is 0 Å². The van der Waals surface area contributed by atoms with E-state index in [0.717, 1.165) is 22.4 Å². The molecule has 0 radical (unpaired) electrons. The quantitative estimate of drug-likeness (QED) is 0.375. The molecule has 0 saturated carbocycles. The van der Waals surface area contributed by atoms with Crippen molar-refractivity contribution in [2.45, 2.75) is 13.0 Å². The minimum Gasteiger partial charge on any atom is -0.480 e. The lowest BCUT2D eigenvalue weighted by Crippen LogP contribution is -2.44. The van der Waals surface area contributed by atoms with E-state index in [4.69, 9.17) is 0 Å². The Bertz CT molecular complexity index is 1310. The molecule has 2 heterocycles. The molecule has 41 heavy (non-hydrogen) atoms. The van der Waals surface area contributed by atoms with Crippen molar-refractivity contribution in [2.75, 3.05) is 70.3 Å². The van der Waals surface area contributed by atoms with Gasteiger partial charge in [0.2, 0.25) is 11.8 Å². The number of rotatable bonds is 9. The van der Waals surface area contributed by atoms with Crippen LogP contribution < -0.4 is 10.2 Å².